The molecule has 1 saturated carbocycles. The molecule has 0 N–H and O–H groups in total. The Morgan fingerprint density at radius 3 is 2.94 bits per heavy atom. The van der Waals surface area contributed by atoms with Crippen molar-refractivity contribution in [1.82, 2.24) is 4.98 Å². The standard InChI is InChI=1S/C13H17BrN2/c1-9-4-11(6-14)7-15-13(9)16-8-10-2-3-12(16)5-10/h4,7,10,12H,2-3,5-6,8H2,1H3. The monoisotopic (exact) mass is 280 g/mol. The largest absolute Gasteiger partial charge is 0.353 e. The van der Waals surface area contributed by atoms with Crippen molar-refractivity contribution in [3.8, 4) is 0 Å². The molecule has 0 spiro atoms. The molecule has 2 bridgehead atoms. The first kappa shape index (κ1) is 10.6. The Hall–Kier alpha value is -0.570. The van der Waals surface area contributed by atoms with E-state index in [1.54, 1.807) is 0 Å². The number of hydrogen-bond donors (Lipinski definition) is 0. The van der Waals surface area contributed by atoms with Gasteiger partial charge in [-0.3, -0.25) is 0 Å². The van der Waals surface area contributed by atoms with E-state index in [0.29, 0.717) is 0 Å². The number of alkyl halides is 1. The smallest absolute Gasteiger partial charge is 0.131 e. The van der Waals surface area contributed by atoms with Gasteiger partial charge in [-0.15, -0.1) is 0 Å². The van der Waals surface area contributed by atoms with Crippen LogP contribution in [0.3, 0.4) is 0 Å². The van der Waals surface area contributed by atoms with Crippen LogP contribution in [0.15, 0.2) is 12.3 Å². The first-order valence-corrected chi connectivity index (χ1v) is 7.18. The summed E-state index contributed by atoms with van der Waals surface area (Å²) in [5, 5.41) is 0.896. The summed E-state index contributed by atoms with van der Waals surface area (Å²) in [5.41, 5.74) is 2.59. The van der Waals surface area contributed by atoms with E-state index in [1.165, 1.54) is 42.8 Å². The second kappa shape index (κ2) is 4.02. The van der Waals surface area contributed by atoms with Crippen LogP contribution in [0.2, 0.25) is 0 Å². The van der Waals surface area contributed by atoms with E-state index in [0.717, 1.165) is 17.3 Å². The molecule has 2 nitrogen and oxygen atoms in total. The second-order valence-corrected chi connectivity index (χ2v) is 5.66. The summed E-state index contributed by atoms with van der Waals surface area (Å²) in [5.74, 6) is 2.15. The first-order chi connectivity index (χ1) is 7.78. The number of rotatable bonds is 2. The topological polar surface area (TPSA) is 16.1 Å². The molecule has 1 aromatic heterocycles. The Kier molecular flexibility index (Phi) is 2.66. The fraction of sp³-hybridized carbons (Fsp3) is 0.615. The fourth-order valence-corrected chi connectivity index (χ4v) is 3.49. The van der Waals surface area contributed by atoms with Crippen LogP contribution in [0.5, 0.6) is 0 Å². The molecule has 1 aliphatic heterocycles. The van der Waals surface area contributed by atoms with Gasteiger partial charge in [0.05, 0.1) is 0 Å². The minimum atomic E-state index is 0.769. The van der Waals surface area contributed by atoms with Gasteiger partial charge < -0.3 is 4.90 Å². The summed E-state index contributed by atoms with van der Waals surface area (Å²) in [6.07, 6.45) is 6.19. The highest BCUT2D eigenvalue weighted by molar-refractivity contribution is 9.08. The Morgan fingerprint density at radius 2 is 2.38 bits per heavy atom. The minimum absolute atomic E-state index is 0.769. The van der Waals surface area contributed by atoms with Crippen molar-refractivity contribution < 1.29 is 0 Å². The molecule has 0 aromatic carbocycles. The van der Waals surface area contributed by atoms with Crippen LogP contribution < -0.4 is 4.90 Å². The molecular formula is C13H17BrN2. The average molecular weight is 281 g/mol. The Bertz CT molecular complexity index is 405. The second-order valence-electron chi connectivity index (χ2n) is 5.10. The van der Waals surface area contributed by atoms with E-state index in [4.69, 9.17) is 0 Å². The quantitative estimate of drug-likeness (QED) is 0.773. The van der Waals surface area contributed by atoms with Crippen LogP contribution in [0.1, 0.15) is 30.4 Å². The Morgan fingerprint density at radius 1 is 1.50 bits per heavy atom. The molecule has 2 unspecified atom stereocenters. The zero-order valence-corrected chi connectivity index (χ0v) is 11.2. The van der Waals surface area contributed by atoms with Gasteiger partial charge in [0.1, 0.15) is 5.82 Å². The highest BCUT2D eigenvalue weighted by Gasteiger charge is 2.38. The van der Waals surface area contributed by atoms with Gasteiger partial charge in [-0.1, -0.05) is 22.0 Å². The van der Waals surface area contributed by atoms with E-state index < -0.39 is 0 Å². The summed E-state index contributed by atoms with van der Waals surface area (Å²) in [4.78, 5) is 7.18. The Labute approximate surface area is 105 Å². The van der Waals surface area contributed by atoms with Crippen LogP contribution in [0, 0.1) is 12.8 Å². The summed E-state index contributed by atoms with van der Waals surface area (Å²) in [7, 11) is 0. The van der Waals surface area contributed by atoms with Crippen molar-refractivity contribution >= 4 is 21.7 Å². The van der Waals surface area contributed by atoms with Gasteiger partial charge in [-0.25, -0.2) is 4.98 Å². The molecular weight excluding hydrogens is 264 g/mol. The van der Waals surface area contributed by atoms with Gasteiger partial charge in [0.25, 0.3) is 0 Å². The summed E-state index contributed by atoms with van der Waals surface area (Å²) < 4.78 is 0. The third kappa shape index (κ3) is 1.65. The molecule has 1 saturated heterocycles. The van der Waals surface area contributed by atoms with Gasteiger partial charge in [0, 0.05) is 24.1 Å². The lowest BCUT2D eigenvalue weighted by Crippen LogP contribution is -2.33. The average Bonchev–Trinajstić information content (AvgIpc) is 2.90. The zero-order chi connectivity index (χ0) is 11.1. The SMILES string of the molecule is Cc1cc(CBr)cnc1N1CC2CCC1C2. The lowest BCUT2D eigenvalue weighted by molar-refractivity contribution is 0.549. The molecule has 0 amide bonds. The maximum atomic E-state index is 4.65. The van der Waals surface area contributed by atoms with Crippen LogP contribution in [0.4, 0.5) is 5.82 Å². The Balaban J connectivity index is 1.89. The number of anilines is 1. The molecule has 0 radical (unpaired) electrons. The van der Waals surface area contributed by atoms with Crippen molar-refractivity contribution in [2.24, 2.45) is 5.92 Å². The van der Waals surface area contributed by atoms with Crippen molar-refractivity contribution in [2.45, 2.75) is 37.6 Å². The number of pyridine rings is 1. The molecule has 1 aromatic rings. The number of halogens is 1. The fourth-order valence-electron chi connectivity index (χ4n) is 3.18. The summed E-state index contributed by atoms with van der Waals surface area (Å²) >= 11 is 3.48. The maximum Gasteiger partial charge on any atom is 0.131 e. The molecule has 2 heterocycles. The molecule has 2 aliphatic rings. The third-order valence-electron chi connectivity index (χ3n) is 3.94. The van der Waals surface area contributed by atoms with E-state index in [-0.39, 0.29) is 0 Å². The molecule has 16 heavy (non-hydrogen) atoms. The minimum Gasteiger partial charge on any atom is -0.353 e. The molecule has 3 rings (SSSR count). The molecule has 86 valence electrons. The van der Waals surface area contributed by atoms with Crippen LogP contribution in [-0.4, -0.2) is 17.6 Å². The van der Waals surface area contributed by atoms with Gasteiger partial charge in [0.15, 0.2) is 0 Å². The molecule has 1 aliphatic carbocycles. The molecule has 3 heteroatoms. The van der Waals surface area contributed by atoms with Crippen molar-refractivity contribution in [3.63, 3.8) is 0 Å². The van der Waals surface area contributed by atoms with E-state index in [1.807, 2.05) is 6.20 Å². The summed E-state index contributed by atoms with van der Waals surface area (Å²) in [6.45, 7) is 3.41. The van der Waals surface area contributed by atoms with Crippen LogP contribution >= 0.6 is 15.9 Å². The van der Waals surface area contributed by atoms with Crippen molar-refractivity contribution in [2.75, 3.05) is 11.4 Å². The number of aryl methyl sites for hydroxylation is 1. The van der Waals surface area contributed by atoms with Gasteiger partial charge in [-0.2, -0.15) is 0 Å². The predicted molar refractivity (Wildman–Crippen MR) is 70.1 cm³/mol. The van der Waals surface area contributed by atoms with Gasteiger partial charge >= 0.3 is 0 Å². The van der Waals surface area contributed by atoms with Crippen LogP contribution in [-0.2, 0) is 5.33 Å². The third-order valence-corrected chi connectivity index (χ3v) is 4.59. The van der Waals surface area contributed by atoms with E-state index in [2.05, 4.69) is 38.8 Å². The van der Waals surface area contributed by atoms with Crippen molar-refractivity contribution in [3.05, 3.63) is 23.4 Å². The highest BCUT2D eigenvalue weighted by Crippen LogP contribution is 2.40. The highest BCUT2D eigenvalue weighted by atomic mass is 79.9. The zero-order valence-electron chi connectivity index (χ0n) is 9.62. The lowest BCUT2D eigenvalue weighted by Gasteiger charge is -2.29. The lowest BCUT2D eigenvalue weighted by atomic mass is 10.1. The van der Waals surface area contributed by atoms with E-state index >= 15 is 0 Å². The van der Waals surface area contributed by atoms with Crippen LogP contribution in [0.25, 0.3) is 0 Å². The van der Waals surface area contributed by atoms with Crippen molar-refractivity contribution in [1.29, 1.82) is 0 Å². The molecule has 2 fully saturated rings. The number of nitrogens with zero attached hydrogens (tertiary/aromatic N) is 2. The van der Waals surface area contributed by atoms with Gasteiger partial charge in [0.2, 0.25) is 0 Å². The maximum absolute atomic E-state index is 4.65. The summed E-state index contributed by atoms with van der Waals surface area (Å²) in [6, 6.07) is 3.02. The predicted octanol–water partition coefficient (Wildman–Crippen LogP) is 3.27. The number of aromatic nitrogens is 1. The van der Waals surface area contributed by atoms with E-state index in [9.17, 15) is 0 Å². The van der Waals surface area contributed by atoms with Gasteiger partial charge in [-0.05, 0) is 43.2 Å². The normalized spacial score (nSPS) is 27.8. The first-order valence-electron chi connectivity index (χ1n) is 6.06. The number of hydrogen-bond acceptors (Lipinski definition) is 2. The molecule has 2 atom stereocenters. The number of fused-ring (bicyclic) bond motifs is 2. The number of piperidine rings is 1.